The second-order valence-electron chi connectivity index (χ2n) is 11.9. The number of rotatable bonds is 7. The van der Waals surface area contributed by atoms with Crippen LogP contribution in [0.1, 0.15) is 40.3 Å². The fourth-order valence-electron chi connectivity index (χ4n) is 6.82. The minimum absolute atomic E-state index is 0.0802. The number of benzene rings is 5. The van der Waals surface area contributed by atoms with Crippen molar-refractivity contribution in [2.75, 3.05) is 14.2 Å². The Kier molecular flexibility index (Phi) is 7.98. The van der Waals surface area contributed by atoms with Crippen LogP contribution in [0.5, 0.6) is 17.2 Å². The van der Waals surface area contributed by atoms with Crippen molar-refractivity contribution < 1.29 is 14.2 Å². The molecular weight excluding hydrogens is 684 g/mol. The number of allylic oxidation sites excluding steroid dienone is 1. The second kappa shape index (κ2) is 12.6. The molecule has 8 heteroatoms. The van der Waals surface area contributed by atoms with E-state index in [1.807, 2.05) is 59.2 Å². The first-order chi connectivity index (χ1) is 23.5. The number of methoxy groups -OCH3 is 2. The second-order valence-corrected chi connectivity index (χ2v) is 13.7. The van der Waals surface area contributed by atoms with E-state index in [1.54, 1.807) is 14.2 Å². The highest BCUT2D eigenvalue weighted by atomic mass is 79.9. The van der Waals surface area contributed by atoms with Gasteiger partial charge in [-0.05, 0) is 97.7 Å². The van der Waals surface area contributed by atoms with Crippen LogP contribution in [0.4, 0.5) is 0 Å². The quantitative estimate of drug-likeness (QED) is 0.169. The van der Waals surface area contributed by atoms with E-state index in [0.717, 1.165) is 62.0 Å². The van der Waals surface area contributed by atoms with Gasteiger partial charge in [0.15, 0.2) is 16.3 Å². The van der Waals surface area contributed by atoms with Crippen molar-refractivity contribution in [3.63, 3.8) is 0 Å². The highest BCUT2D eigenvalue weighted by molar-refractivity contribution is 9.10. The molecule has 0 amide bonds. The lowest BCUT2D eigenvalue weighted by molar-refractivity contribution is 0.283. The maximum Gasteiger partial charge on any atom is 0.271 e. The fraction of sp³-hybridized carbons (Fsp3) is 0.150. The zero-order valence-corrected chi connectivity index (χ0v) is 28.8. The molecule has 48 heavy (non-hydrogen) atoms. The Morgan fingerprint density at radius 3 is 2.60 bits per heavy atom. The predicted octanol–water partition coefficient (Wildman–Crippen LogP) is 7.83. The van der Waals surface area contributed by atoms with Crippen LogP contribution in [0.15, 0.2) is 123 Å². The number of aryl methyl sites for hydroxylation is 1. The van der Waals surface area contributed by atoms with Crippen molar-refractivity contribution in [2.45, 2.75) is 25.5 Å². The van der Waals surface area contributed by atoms with Crippen molar-refractivity contribution in [2.24, 2.45) is 4.99 Å². The van der Waals surface area contributed by atoms with Crippen LogP contribution in [0.25, 0.3) is 22.5 Å². The van der Waals surface area contributed by atoms with Crippen LogP contribution >= 0.6 is 27.3 Å². The molecule has 0 fully saturated rings. The molecule has 238 valence electrons. The van der Waals surface area contributed by atoms with Gasteiger partial charge in [-0.3, -0.25) is 9.36 Å². The summed E-state index contributed by atoms with van der Waals surface area (Å²) in [6.45, 7) is 0.381. The van der Waals surface area contributed by atoms with Gasteiger partial charge in [-0.15, -0.1) is 0 Å². The summed E-state index contributed by atoms with van der Waals surface area (Å²) in [5.41, 5.74) is 7.36. The molecule has 1 aliphatic heterocycles. The smallest absolute Gasteiger partial charge is 0.271 e. The fourth-order valence-corrected chi connectivity index (χ4v) is 8.39. The van der Waals surface area contributed by atoms with Crippen molar-refractivity contribution in [1.82, 2.24) is 4.57 Å². The van der Waals surface area contributed by atoms with Gasteiger partial charge in [0.05, 0.1) is 35.0 Å². The zero-order chi connectivity index (χ0) is 32.8. The minimum Gasteiger partial charge on any atom is -0.497 e. The predicted molar refractivity (Wildman–Crippen MR) is 195 cm³/mol. The van der Waals surface area contributed by atoms with E-state index in [2.05, 4.69) is 70.5 Å². The van der Waals surface area contributed by atoms with E-state index in [-0.39, 0.29) is 11.6 Å². The largest absolute Gasteiger partial charge is 0.497 e. The number of thiazole rings is 1. The molecule has 0 N–H and O–H groups in total. The Labute approximate surface area is 290 Å². The van der Waals surface area contributed by atoms with Gasteiger partial charge in [-0.1, -0.05) is 90.2 Å². The summed E-state index contributed by atoms with van der Waals surface area (Å²) in [7, 11) is 3.29. The normalized spacial score (nSPS) is 15.4. The van der Waals surface area contributed by atoms with Gasteiger partial charge in [0.1, 0.15) is 12.4 Å². The molecule has 0 saturated carbocycles. The Hall–Kier alpha value is -4.92. The van der Waals surface area contributed by atoms with Crippen LogP contribution < -0.4 is 29.1 Å². The van der Waals surface area contributed by atoms with Crippen LogP contribution in [0.3, 0.4) is 0 Å². The lowest BCUT2D eigenvalue weighted by Crippen LogP contribution is -2.38. The third kappa shape index (κ3) is 5.35. The van der Waals surface area contributed by atoms with Crippen LogP contribution in [-0.4, -0.2) is 18.8 Å². The molecule has 2 aliphatic rings. The topological polar surface area (TPSA) is 62.0 Å². The molecule has 0 unspecified atom stereocenters. The van der Waals surface area contributed by atoms with Gasteiger partial charge in [-0.2, -0.15) is 0 Å². The van der Waals surface area contributed by atoms with E-state index in [1.165, 1.54) is 22.3 Å². The molecule has 6 aromatic rings. The number of ether oxygens (including phenoxy) is 3. The Bertz CT molecular complexity index is 2440. The summed E-state index contributed by atoms with van der Waals surface area (Å²) in [6.07, 6.45) is 3.63. The molecule has 0 spiro atoms. The number of halogens is 1. The minimum atomic E-state index is -0.284. The number of aromatic nitrogens is 1. The highest BCUT2D eigenvalue weighted by Gasteiger charge is 2.32. The first-order valence-electron chi connectivity index (χ1n) is 15.8. The van der Waals surface area contributed by atoms with Gasteiger partial charge in [0.25, 0.3) is 5.56 Å². The summed E-state index contributed by atoms with van der Waals surface area (Å²) in [4.78, 5) is 20.1. The number of nitrogens with zero attached hydrogens (tertiary/aromatic N) is 2. The Balaban J connectivity index is 1.21. The first-order valence-corrected chi connectivity index (χ1v) is 17.4. The summed E-state index contributed by atoms with van der Waals surface area (Å²) in [5, 5.41) is 2.32. The first kappa shape index (κ1) is 30.4. The zero-order valence-electron chi connectivity index (χ0n) is 26.4. The Morgan fingerprint density at radius 2 is 1.73 bits per heavy atom. The van der Waals surface area contributed by atoms with Gasteiger partial charge >= 0.3 is 0 Å². The molecule has 1 atom stereocenters. The van der Waals surface area contributed by atoms with Gasteiger partial charge in [0.2, 0.25) is 0 Å². The molecule has 0 radical (unpaired) electrons. The van der Waals surface area contributed by atoms with E-state index in [4.69, 9.17) is 19.2 Å². The lowest BCUT2D eigenvalue weighted by Gasteiger charge is -2.31. The summed E-state index contributed by atoms with van der Waals surface area (Å²) in [5.74, 6) is 1.93. The molecular formula is C40H31BrN2O4S. The van der Waals surface area contributed by atoms with Crippen LogP contribution in [0, 0.1) is 0 Å². The SMILES string of the molecule is COc1cccc([C@H]2C3=C(N=c4s/c(=C/c5cc(Br)c(OCc6cccc7ccccc67)c(OC)c5)c(=O)n42)c2ccccc2CC3)c1. The maximum atomic E-state index is 14.3. The van der Waals surface area contributed by atoms with E-state index in [0.29, 0.717) is 27.4 Å². The third-order valence-electron chi connectivity index (χ3n) is 9.08. The van der Waals surface area contributed by atoms with Crippen molar-refractivity contribution in [3.05, 3.63) is 161 Å². The molecule has 1 aliphatic carbocycles. The lowest BCUT2D eigenvalue weighted by atomic mass is 9.83. The number of hydrogen-bond donors (Lipinski definition) is 0. The molecule has 0 saturated heterocycles. The number of hydrogen-bond acceptors (Lipinski definition) is 6. The van der Waals surface area contributed by atoms with Gasteiger partial charge < -0.3 is 14.2 Å². The third-order valence-corrected chi connectivity index (χ3v) is 10.7. The van der Waals surface area contributed by atoms with Crippen molar-refractivity contribution in [3.8, 4) is 17.2 Å². The van der Waals surface area contributed by atoms with E-state index < -0.39 is 0 Å². The Morgan fingerprint density at radius 1 is 0.917 bits per heavy atom. The van der Waals surface area contributed by atoms with Crippen molar-refractivity contribution in [1.29, 1.82) is 0 Å². The average molecular weight is 716 g/mol. The van der Waals surface area contributed by atoms with Gasteiger partial charge in [0, 0.05) is 5.56 Å². The van der Waals surface area contributed by atoms with E-state index >= 15 is 0 Å². The standard InChI is InChI=1S/C40H31BrN2O4S/c1-45-29-14-8-12-27(22-29)37-32-18-17-26-10-4-6-16-31(26)36(32)42-40-43(37)39(44)35(48-40)21-24-19-33(41)38(34(20-24)46-2)47-23-28-13-7-11-25-9-3-5-15-30(25)28/h3-16,19-22,37H,17-18,23H2,1-2H3/b35-21+/t37-/m0/s1. The molecule has 6 nitrogen and oxygen atoms in total. The monoisotopic (exact) mass is 714 g/mol. The van der Waals surface area contributed by atoms with Crippen LogP contribution in [0.2, 0.25) is 0 Å². The molecule has 8 rings (SSSR count). The van der Waals surface area contributed by atoms with E-state index in [9.17, 15) is 4.79 Å². The van der Waals surface area contributed by atoms with Crippen molar-refractivity contribution >= 4 is 49.8 Å². The summed E-state index contributed by atoms with van der Waals surface area (Å²) >= 11 is 5.12. The molecule has 1 aromatic heterocycles. The molecule has 5 aromatic carbocycles. The molecule has 2 heterocycles. The summed E-state index contributed by atoms with van der Waals surface area (Å²) in [6, 6.07) is 34.5. The average Bonchev–Trinajstić information content (AvgIpc) is 3.43. The van der Waals surface area contributed by atoms with Crippen LogP contribution in [-0.2, 0) is 13.0 Å². The maximum absolute atomic E-state index is 14.3. The van der Waals surface area contributed by atoms with Gasteiger partial charge in [-0.25, -0.2) is 4.99 Å². The summed E-state index contributed by atoms with van der Waals surface area (Å²) < 4.78 is 20.9. The number of fused-ring (bicyclic) bond motifs is 4. The highest BCUT2D eigenvalue weighted by Crippen LogP contribution is 2.42. The molecule has 0 bridgehead atoms.